The maximum absolute atomic E-state index is 5.91. The van der Waals surface area contributed by atoms with Crippen LogP contribution in [0.15, 0.2) is 28.7 Å². The van der Waals surface area contributed by atoms with Crippen molar-refractivity contribution in [2.24, 2.45) is 0 Å². The fourth-order valence-corrected chi connectivity index (χ4v) is 3.44. The highest BCUT2D eigenvalue weighted by Crippen LogP contribution is 2.30. The molecule has 0 bridgehead atoms. The normalized spacial score (nSPS) is 12.0. The number of nitrogens with one attached hydrogen (secondary N) is 1. The van der Waals surface area contributed by atoms with Crippen LogP contribution in [0.2, 0.25) is 0 Å². The van der Waals surface area contributed by atoms with Crippen LogP contribution in [0, 0.1) is 0 Å². The van der Waals surface area contributed by atoms with Crippen LogP contribution in [-0.2, 0) is 6.54 Å². The number of methoxy groups -OCH3 is 1. The highest BCUT2D eigenvalue weighted by atomic mass is 32.2. The Balaban J connectivity index is 2.04. The molecule has 1 heterocycles. The topological polar surface area (TPSA) is 34.4 Å². The molecule has 0 aliphatic heterocycles. The molecule has 0 aliphatic carbocycles. The smallest absolute Gasteiger partial charge is 0.176 e. The first-order chi connectivity index (χ1) is 10.2. The summed E-state index contributed by atoms with van der Waals surface area (Å²) in [5.41, 5.74) is 0.832. The Morgan fingerprint density at radius 3 is 2.67 bits per heavy atom. The van der Waals surface area contributed by atoms with Gasteiger partial charge in [0, 0.05) is 16.7 Å². The molecule has 0 spiro atoms. The quantitative estimate of drug-likeness (QED) is 0.781. The number of ether oxygens (including phenoxy) is 1. The van der Waals surface area contributed by atoms with Gasteiger partial charge >= 0.3 is 0 Å². The number of fused-ring (bicyclic) bond motifs is 1. The van der Waals surface area contributed by atoms with Gasteiger partial charge in [0.25, 0.3) is 0 Å². The van der Waals surface area contributed by atoms with E-state index in [2.05, 4.69) is 37.6 Å². The Hall–Kier alpha value is -1.13. The molecule has 1 N–H and O–H groups in total. The van der Waals surface area contributed by atoms with E-state index < -0.39 is 0 Å². The van der Waals surface area contributed by atoms with Gasteiger partial charge in [0.15, 0.2) is 11.3 Å². The summed E-state index contributed by atoms with van der Waals surface area (Å²) in [6, 6.07) is 8.05. The van der Waals surface area contributed by atoms with Gasteiger partial charge in [0.05, 0.1) is 13.7 Å². The van der Waals surface area contributed by atoms with E-state index in [4.69, 9.17) is 9.15 Å². The van der Waals surface area contributed by atoms with Gasteiger partial charge in [0.1, 0.15) is 5.76 Å². The molecule has 1 aromatic heterocycles. The van der Waals surface area contributed by atoms with Crippen LogP contribution in [0.25, 0.3) is 11.0 Å². The molecule has 0 saturated heterocycles. The number of furan rings is 1. The third kappa shape index (κ3) is 3.55. The second kappa shape index (κ2) is 7.23. The fourth-order valence-electron chi connectivity index (χ4n) is 2.61. The molecule has 0 aliphatic rings. The van der Waals surface area contributed by atoms with E-state index in [0.29, 0.717) is 4.75 Å². The molecule has 0 fully saturated rings. The van der Waals surface area contributed by atoms with Crippen LogP contribution in [0.3, 0.4) is 0 Å². The van der Waals surface area contributed by atoms with Crippen molar-refractivity contribution in [3.05, 3.63) is 30.0 Å². The summed E-state index contributed by atoms with van der Waals surface area (Å²) in [5.74, 6) is 1.75. The van der Waals surface area contributed by atoms with Crippen molar-refractivity contribution >= 4 is 22.7 Å². The molecule has 0 radical (unpaired) electrons. The number of hydrogen-bond donors (Lipinski definition) is 1. The summed E-state index contributed by atoms with van der Waals surface area (Å²) in [6.45, 7) is 6.26. The van der Waals surface area contributed by atoms with E-state index in [1.54, 1.807) is 7.11 Å². The Bertz CT molecular complexity index is 567. The molecular weight excluding hydrogens is 282 g/mol. The maximum atomic E-state index is 5.91. The largest absolute Gasteiger partial charge is 0.493 e. The lowest BCUT2D eigenvalue weighted by molar-refractivity contribution is 0.404. The third-order valence-corrected chi connectivity index (χ3v) is 5.83. The first-order valence-electron chi connectivity index (χ1n) is 7.49. The van der Waals surface area contributed by atoms with E-state index in [0.717, 1.165) is 35.6 Å². The summed E-state index contributed by atoms with van der Waals surface area (Å²) in [4.78, 5) is 0. The maximum Gasteiger partial charge on any atom is 0.176 e. The Morgan fingerprint density at radius 1 is 1.29 bits per heavy atom. The predicted molar refractivity (Wildman–Crippen MR) is 91.3 cm³/mol. The second-order valence-electron chi connectivity index (χ2n) is 5.29. The lowest BCUT2D eigenvalue weighted by atomic mass is 10.0. The highest BCUT2D eigenvalue weighted by molar-refractivity contribution is 8.00. The highest BCUT2D eigenvalue weighted by Gasteiger charge is 2.24. The van der Waals surface area contributed by atoms with Crippen LogP contribution >= 0.6 is 11.8 Å². The average Bonchev–Trinajstić information content (AvgIpc) is 2.94. The Kier molecular flexibility index (Phi) is 5.59. The minimum absolute atomic E-state index is 0.323. The molecular formula is C17H25NO2S. The third-order valence-electron chi connectivity index (χ3n) is 4.25. The summed E-state index contributed by atoms with van der Waals surface area (Å²) in [6.07, 6.45) is 4.54. The number of thioether (sulfide) groups is 1. The Labute approximate surface area is 131 Å². The van der Waals surface area contributed by atoms with E-state index >= 15 is 0 Å². The van der Waals surface area contributed by atoms with Gasteiger partial charge in [-0.15, -0.1) is 0 Å². The van der Waals surface area contributed by atoms with Crippen LogP contribution in [0.1, 0.15) is 32.4 Å². The van der Waals surface area contributed by atoms with E-state index in [1.807, 2.05) is 23.9 Å². The Morgan fingerprint density at radius 2 is 2.05 bits per heavy atom. The van der Waals surface area contributed by atoms with Gasteiger partial charge in [-0.2, -0.15) is 11.8 Å². The zero-order chi connectivity index (χ0) is 15.3. The molecule has 0 unspecified atom stereocenters. The number of hydrogen-bond acceptors (Lipinski definition) is 4. The lowest BCUT2D eigenvalue weighted by Crippen LogP contribution is -2.36. The number of benzene rings is 1. The molecule has 0 saturated carbocycles. The zero-order valence-electron chi connectivity index (χ0n) is 13.4. The molecule has 3 nitrogen and oxygen atoms in total. The van der Waals surface area contributed by atoms with Crippen molar-refractivity contribution in [3.8, 4) is 5.75 Å². The minimum Gasteiger partial charge on any atom is -0.493 e. The van der Waals surface area contributed by atoms with Crippen molar-refractivity contribution in [2.75, 3.05) is 19.9 Å². The fraction of sp³-hybridized carbons (Fsp3) is 0.529. The van der Waals surface area contributed by atoms with Crippen molar-refractivity contribution < 1.29 is 9.15 Å². The van der Waals surface area contributed by atoms with Crippen LogP contribution in [0.5, 0.6) is 5.75 Å². The molecule has 1 aromatic carbocycles. The molecule has 116 valence electrons. The van der Waals surface area contributed by atoms with Gasteiger partial charge < -0.3 is 14.5 Å². The first-order valence-corrected chi connectivity index (χ1v) is 8.71. The van der Waals surface area contributed by atoms with Crippen LogP contribution in [-0.4, -0.2) is 24.7 Å². The van der Waals surface area contributed by atoms with Crippen LogP contribution < -0.4 is 10.1 Å². The predicted octanol–water partition coefficient (Wildman–Crippen LogP) is 4.45. The average molecular weight is 307 g/mol. The van der Waals surface area contributed by atoms with Gasteiger partial charge in [0.2, 0.25) is 0 Å². The molecule has 2 aromatic rings. The standard InChI is InChI=1S/C17H25NO2S/c1-5-17(6-2,21-4)12-18-11-14-10-13-8-7-9-15(19-3)16(13)20-14/h7-10,18H,5-6,11-12H2,1-4H3. The van der Waals surface area contributed by atoms with Gasteiger partial charge in [-0.1, -0.05) is 26.0 Å². The lowest BCUT2D eigenvalue weighted by Gasteiger charge is -2.29. The summed E-state index contributed by atoms with van der Waals surface area (Å²) in [7, 11) is 1.67. The molecule has 21 heavy (non-hydrogen) atoms. The number of para-hydroxylation sites is 1. The molecule has 0 amide bonds. The van der Waals surface area contributed by atoms with Crippen molar-refractivity contribution in [1.82, 2.24) is 5.32 Å². The van der Waals surface area contributed by atoms with E-state index in [9.17, 15) is 0 Å². The summed E-state index contributed by atoms with van der Waals surface area (Å²) < 4.78 is 11.6. The first kappa shape index (κ1) is 16.2. The van der Waals surface area contributed by atoms with Crippen molar-refractivity contribution in [1.29, 1.82) is 0 Å². The minimum atomic E-state index is 0.323. The zero-order valence-corrected chi connectivity index (χ0v) is 14.2. The molecule has 0 atom stereocenters. The van der Waals surface area contributed by atoms with Crippen molar-refractivity contribution in [3.63, 3.8) is 0 Å². The van der Waals surface area contributed by atoms with Gasteiger partial charge in [-0.25, -0.2) is 0 Å². The second-order valence-corrected chi connectivity index (χ2v) is 6.56. The summed E-state index contributed by atoms with van der Waals surface area (Å²) >= 11 is 1.95. The summed E-state index contributed by atoms with van der Waals surface area (Å²) in [5, 5.41) is 4.63. The van der Waals surface area contributed by atoms with E-state index in [1.165, 1.54) is 12.8 Å². The van der Waals surface area contributed by atoms with Gasteiger partial charge in [-0.3, -0.25) is 0 Å². The molecule has 4 heteroatoms. The van der Waals surface area contributed by atoms with Crippen molar-refractivity contribution in [2.45, 2.75) is 38.0 Å². The molecule has 2 rings (SSSR count). The number of rotatable bonds is 8. The monoisotopic (exact) mass is 307 g/mol. The van der Waals surface area contributed by atoms with E-state index in [-0.39, 0.29) is 0 Å². The van der Waals surface area contributed by atoms with Crippen LogP contribution in [0.4, 0.5) is 0 Å². The van der Waals surface area contributed by atoms with Gasteiger partial charge in [-0.05, 0) is 31.2 Å². The SMILES string of the molecule is CCC(CC)(CNCc1cc2cccc(OC)c2o1)SC.